The molecule has 0 aromatic heterocycles. The summed E-state index contributed by atoms with van der Waals surface area (Å²) in [5.74, 6) is 0.405. The number of carbonyl (C=O) groups is 2. The van der Waals surface area contributed by atoms with Gasteiger partial charge >= 0.3 is 0 Å². The van der Waals surface area contributed by atoms with Crippen LogP contribution in [0.5, 0.6) is 11.5 Å². The number of para-hydroxylation sites is 1. The van der Waals surface area contributed by atoms with E-state index in [0.717, 1.165) is 18.5 Å². The van der Waals surface area contributed by atoms with Gasteiger partial charge in [0.25, 0.3) is 5.91 Å². The summed E-state index contributed by atoms with van der Waals surface area (Å²) in [6, 6.07) is 20.7. The van der Waals surface area contributed by atoms with Crippen LogP contribution >= 0.6 is 0 Å². The van der Waals surface area contributed by atoms with Gasteiger partial charge in [0, 0.05) is 29.4 Å². The first kappa shape index (κ1) is 23.2. The van der Waals surface area contributed by atoms with Crippen LogP contribution in [-0.4, -0.2) is 38.6 Å². The lowest BCUT2D eigenvalue weighted by Gasteiger charge is -2.36. The first-order valence-electron chi connectivity index (χ1n) is 11.3. The summed E-state index contributed by atoms with van der Waals surface area (Å²) in [7, 11) is 3.03. The number of aryl methyl sites for hydroxylation is 1. The molecule has 2 N–H and O–H groups in total. The van der Waals surface area contributed by atoms with Crippen molar-refractivity contribution in [2.75, 3.05) is 36.3 Å². The molecular formula is C27H29N3O4. The van der Waals surface area contributed by atoms with Crippen molar-refractivity contribution in [3.8, 4) is 11.5 Å². The zero-order chi connectivity index (χ0) is 24.1. The van der Waals surface area contributed by atoms with E-state index in [1.165, 1.54) is 19.8 Å². The molecule has 1 atom stereocenters. The van der Waals surface area contributed by atoms with Crippen LogP contribution in [0.2, 0.25) is 0 Å². The average Bonchev–Trinajstić information content (AvgIpc) is 2.86. The van der Waals surface area contributed by atoms with E-state index in [4.69, 9.17) is 9.47 Å². The normalized spacial score (nSPS) is 14.7. The molecule has 0 radical (unpaired) electrons. The number of benzene rings is 3. The average molecular weight is 460 g/mol. The van der Waals surface area contributed by atoms with Crippen molar-refractivity contribution in [3.05, 3.63) is 77.9 Å². The highest BCUT2D eigenvalue weighted by Gasteiger charge is 2.25. The Kier molecular flexibility index (Phi) is 7.01. The number of fused-ring (bicyclic) bond motifs is 1. The Bertz CT molecular complexity index is 1180. The molecule has 0 bridgehead atoms. The summed E-state index contributed by atoms with van der Waals surface area (Å²) >= 11 is 0. The van der Waals surface area contributed by atoms with Crippen molar-refractivity contribution in [1.82, 2.24) is 0 Å². The predicted molar refractivity (Wildman–Crippen MR) is 134 cm³/mol. The van der Waals surface area contributed by atoms with Crippen LogP contribution in [0.3, 0.4) is 0 Å². The standard InChI is InChI=1S/C27H29N3O4/c1-18-13-14-19-9-7-8-12-23(19)30(18)17-26(31)28-21-15-25(34-3)22(16-24(21)33-2)29-27(32)20-10-5-4-6-11-20/h4-12,15-16,18H,13-14,17H2,1-3H3,(H,28,31)(H,29,32). The molecule has 34 heavy (non-hydrogen) atoms. The lowest BCUT2D eigenvalue weighted by molar-refractivity contribution is -0.115. The van der Waals surface area contributed by atoms with Gasteiger partial charge < -0.3 is 25.0 Å². The van der Waals surface area contributed by atoms with Gasteiger partial charge in [-0.15, -0.1) is 0 Å². The fourth-order valence-electron chi connectivity index (χ4n) is 4.22. The minimum Gasteiger partial charge on any atom is -0.494 e. The van der Waals surface area contributed by atoms with Gasteiger partial charge in [-0.05, 0) is 43.5 Å². The monoisotopic (exact) mass is 459 g/mol. The summed E-state index contributed by atoms with van der Waals surface area (Å²) in [5.41, 5.74) is 3.80. The summed E-state index contributed by atoms with van der Waals surface area (Å²) in [5, 5.41) is 5.80. The van der Waals surface area contributed by atoms with Crippen molar-refractivity contribution in [3.63, 3.8) is 0 Å². The Hall–Kier alpha value is -4.00. The van der Waals surface area contributed by atoms with Crippen LogP contribution in [0.1, 0.15) is 29.3 Å². The summed E-state index contributed by atoms with van der Waals surface area (Å²) in [4.78, 5) is 27.8. The number of hydrogen-bond donors (Lipinski definition) is 2. The fraction of sp³-hybridized carbons (Fsp3) is 0.259. The number of ether oxygens (including phenoxy) is 2. The van der Waals surface area contributed by atoms with Gasteiger partial charge in [-0.25, -0.2) is 0 Å². The van der Waals surface area contributed by atoms with E-state index in [0.29, 0.717) is 28.4 Å². The van der Waals surface area contributed by atoms with Crippen molar-refractivity contribution in [1.29, 1.82) is 0 Å². The maximum atomic E-state index is 13.0. The number of carbonyl (C=O) groups excluding carboxylic acids is 2. The number of methoxy groups -OCH3 is 2. The fourth-order valence-corrected chi connectivity index (χ4v) is 4.22. The van der Waals surface area contributed by atoms with Gasteiger partial charge in [0.1, 0.15) is 11.5 Å². The molecule has 2 amide bonds. The van der Waals surface area contributed by atoms with Crippen molar-refractivity contribution < 1.29 is 19.1 Å². The first-order chi connectivity index (χ1) is 16.5. The summed E-state index contributed by atoms with van der Waals surface area (Å²) < 4.78 is 11.0. The second kappa shape index (κ2) is 10.3. The molecule has 0 fully saturated rings. The minimum absolute atomic E-state index is 0.162. The van der Waals surface area contributed by atoms with Crippen LogP contribution in [-0.2, 0) is 11.2 Å². The van der Waals surface area contributed by atoms with E-state index in [2.05, 4.69) is 34.6 Å². The third-order valence-electron chi connectivity index (χ3n) is 6.06. The van der Waals surface area contributed by atoms with E-state index in [-0.39, 0.29) is 24.4 Å². The van der Waals surface area contributed by atoms with Gasteiger partial charge in [-0.2, -0.15) is 0 Å². The molecule has 176 valence electrons. The molecule has 1 aliphatic heterocycles. The van der Waals surface area contributed by atoms with E-state index >= 15 is 0 Å². The van der Waals surface area contributed by atoms with E-state index in [1.807, 2.05) is 18.2 Å². The first-order valence-corrected chi connectivity index (χ1v) is 11.3. The van der Waals surface area contributed by atoms with Gasteiger partial charge in [-0.3, -0.25) is 9.59 Å². The molecule has 7 nitrogen and oxygen atoms in total. The SMILES string of the molecule is COc1cc(NC(=O)c2ccccc2)c(OC)cc1NC(=O)CN1c2ccccc2CCC1C. The van der Waals surface area contributed by atoms with E-state index in [1.54, 1.807) is 36.4 Å². The number of rotatable bonds is 7. The zero-order valence-electron chi connectivity index (χ0n) is 19.6. The lowest BCUT2D eigenvalue weighted by Crippen LogP contribution is -2.42. The molecule has 0 saturated heterocycles. The largest absolute Gasteiger partial charge is 0.494 e. The highest BCUT2D eigenvalue weighted by Crippen LogP contribution is 2.37. The summed E-state index contributed by atoms with van der Waals surface area (Å²) in [6.45, 7) is 2.35. The maximum absolute atomic E-state index is 13.0. The topological polar surface area (TPSA) is 79.9 Å². The van der Waals surface area contributed by atoms with Crippen LogP contribution in [0.25, 0.3) is 0 Å². The Morgan fingerprint density at radius 2 is 1.53 bits per heavy atom. The Morgan fingerprint density at radius 1 is 0.912 bits per heavy atom. The molecule has 1 aliphatic rings. The summed E-state index contributed by atoms with van der Waals surface area (Å²) in [6.07, 6.45) is 2.01. The predicted octanol–water partition coefficient (Wildman–Crippen LogP) is 4.74. The van der Waals surface area contributed by atoms with Gasteiger partial charge in [0.05, 0.1) is 32.1 Å². The minimum atomic E-state index is -0.268. The van der Waals surface area contributed by atoms with Gasteiger partial charge in [0.15, 0.2) is 0 Å². The molecule has 1 heterocycles. The van der Waals surface area contributed by atoms with Crippen LogP contribution in [0.15, 0.2) is 66.7 Å². The van der Waals surface area contributed by atoms with Crippen molar-refractivity contribution >= 4 is 28.9 Å². The third kappa shape index (κ3) is 4.98. The number of amides is 2. The third-order valence-corrected chi connectivity index (χ3v) is 6.06. The second-order valence-corrected chi connectivity index (χ2v) is 8.27. The number of hydrogen-bond acceptors (Lipinski definition) is 5. The highest BCUT2D eigenvalue weighted by molar-refractivity contribution is 6.05. The highest BCUT2D eigenvalue weighted by atomic mass is 16.5. The Labute approximate surface area is 199 Å². The number of nitrogens with one attached hydrogen (secondary N) is 2. The quantitative estimate of drug-likeness (QED) is 0.534. The number of anilines is 3. The maximum Gasteiger partial charge on any atom is 0.255 e. The van der Waals surface area contributed by atoms with Crippen LogP contribution in [0.4, 0.5) is 17.1 Å². The van der Waals surface area contributed by atoms with Gasteiger partial charge in [0.2, 0.25) is 5.91 Å². The molecule has 3 aromatic rings. The molecule has 1 unspecified atom stereocenters. The number of nitrogens with zero attached hydrogens (tertiary/aromatic N) is 1. The van der Waals surface area contributed by atoms with E-state index in [9.17, 15) is 9.59 Å². The lowest BCUT2D eigenvalue weighted by atomic mass is 9.96. The molecule has 7 heteroatoms. The Morgan fingerprint density at radius 3 is 2.21 bits per heavy atom. The second-order valence-electron chi connectivity index (χ2n) is 8.27. The Balaban J connectivity index is 1.53. The molecule has 0 saturated carbocycles. The van der Waals surface area contributed by atoms with Gasteiger partial charge in [-0.1, -0.05) is 36.4 Å². The smallest absolute Gasteiger partial charge is 0.255 e. The van der Waals surface area contributed by atoms with Crippen LogP contribution < -0.4 is 25.0 Å². The van der Waals surface area contributed by atoms with Crippen molar-refractivity contribution in [2.45, 2.75) is 25.8 Å². The van der Waals surface area contributed by atoms with E-state index < -0.39 is 0 Å². The van der Waals surface area contributed by atoms with Crippen molar-refractivity contribution in [2.24, 2.45) is 0 Å². The molecule has 3 aromatic carbocycles. The molecular weight excluding hydrogens is 430 g/mol. The molecule has 0 aliphatic carbocycles. The van der Waals surface area contributed by atoms with Crippen LogP contribution in [0, 0.1) is 0 Å². The molecule has 0 spiro atoms. The zero-order valence-corrected chi connectivity index (χ0v) is 19.6. The molecule has 4 rings (SSSR count).